The first-order valence-corrected chi connectivity index (χ1v) is 6.66. The molecule has 0 aliphatic heterocycles. The highest BCUT2D eigenvalue weighted by atomic mass is 79.9. The van der Waals surface area contributed by atoms with Crippen LogP contribution in [0.5, 0.6) is 0 Å². The second-order valence-electron chi connectivity index (χ2n) is 4.43. The number of aliphatic hydroxyl groups is 1. The Morgan fingerprint density at radius 2 is 1.84 bits per heavy atom. The molecule has 0 saturated carbocycles. The van der Waals surface area contributed by atoms with Crippen molar-refractivity contribution in [1.29, 1.82) is 0 Å². The van der Waals surface area contributed by atoms with Crippen molar-refractivity contribution in [2.24, 2.45) is 0 Å². The molecule has 0 bridgehead atoms. The van der Waals surface area contributed by atoms with Gasteiger partial charge < -0.3 is 15.4 Å². The molecule has 0 aliphatic rings. The van der Waals surface area contributed by atoms with Crippen LogP contribution in [0, 0.1) is 6.92 Å². The fourth-order valence-electron chi connectivity index (χ4n) is 1.80. The number of halogens is 1. The minimum Gasteiger partial charge on any atom is -0.397 e. The first kappa shape index (κ1) is 13.8. The summed E-state index contributed by atoms with van der Waals surface area (Å²) in [6.45, 7) is 2.28. The smallest absolute Gasteiger partial charge is 0.265 e. The summed E-state index contributed by atoms with van der Waals surface area (Å²) < 4.78 is 2.07. The van der Waals surface area contributed by atoms with Crippen molar-refractivity contribution in [3.63, 3.8) is 0 Å². The molecule has 0 aliphatic carbocycles. The van der Waals surface area contributed by atoms with E-state index in [1.54, 1.807) is 17.7 Å². The number of nitrogens with zero attached hydrogens (tertiary/aromatic N) is 1. The first-order valence-electron chi connectivity index (χ1n) is 5.86. The number of aromatic nitrogens is 1. The molecule has 1 aromatic carbocycles. The third kappa shape index (κ3) is 2.88. The van der Waals surface area contributed by atoms with Crippen LogP contribution in [0.4, 0.5) is 5.69 Å². The largest absolute Gasteiger partial charge is 0.397 e. The van der Waals surface area contributed by atoms with Crippen molar-refractivity contribution < 1.29 is 5.11 Å². The zero-order valence-electron chi connectivity index (χ0n) is 10.6. The van der Waals surface area contributed by atoms with Crippen LogP contribution < -0.4 is 11.3 Å². The molecule has 2 rings (SSSR count). The van der Waals surface area contributed by atoms with E-state index < -0.39 is 0 Å². The molecule has 1 heterocycles. The number of hydrogen-bond acceptors (Lipinski definition) is 3. The van der Waals surface area contributed by atoms with Gasteiger partial charge in [-0.2, -0.15) is 0 Å². The number of anilines is 1. The zero-order valence-corrected chi connectivity index (χ0v) is 12.1. The average molecular weight is 323 g/mol. The van der Waals surface area contributed by atoms with E-state index in [0.29, 0.717) is 16.7 Å². The van der Waals surface area contributed by atoms with Crippen molar-refractivity contribution in [3.8, 4) is 0 Å². The van der Waals surface area contributed by atoms with E-state index in [-0.39, 0.29) is 12.2 Å². The lowest BCUT2D eigenvalue weighted by Gasteiger charge is -2.10. The molecule has 0 fully saturated rings. The minimum atomic E-state index is -0.0991. The molecule has 0 amide bonds. The summed E-state index contributed by atoms with van der Waals surface area (Å²) in [5, 5.41) is 8.99. The summed E-state index contributed by atoms with van der Waals surface area (Å²) in [5.74, 6) is 0. The minimum absolute atomic E-state index is 0.0171. The van der Waals surface area contributed by atoms with E-state index in [0.717, 1.165) is 16.7 Å². The highest BCUT2D eigenvalue weighted by Crippen LogP contribution is 2.17. The summed E-state index contributed by atoms with van der Waals surface area (Å²) >= 11 is 3.27. The number of rotatable bonds is 3. The molecule has 0 unspecified atom stereocenters. The number of benzene rings is 1. The zero-order chi connectivity index (χ0) is 14.0. The van der Waals surface area contributed by atoms with Crippen molar-refractivity contribution in [3.05, 3.63) is 62.0 Å². The summed E-state index contributed by atoms with van der Waals surface area (Å²) in [5.41, 5.74) is 8.94. The number of nitrogens with two attached hydrogens (primary N) is 1. The van der Waals surface area contributed by atoms with Crippen LogP contribution in [-0.4, -0.2) is 9.67 Å². The molecule has 0 spiro atoms. The standard InChI is InChI=1S/C14H15BrN2O2/c1-9-12(16)7-17(14(19)13(9)15)6-10-2-4-11(8-18)5-3-10/h2-5,7,18H,6,8,16H2,1H3. The van der Waals surface area contributed by atoms with Crippen molar-refractivity contribution >= 4 is 21.6 Å². The molecule has 100 valence electrons. The quantitative estimate of drug-likeness (QED) is 0.908. The van der Waals surface area contributed by atoms with Gasteiger partial charge in [0.1, 0.15) is 0 Å². The van der Waals surface area contributed by atoms with Crippen LogP contribution in [0.3, 0.4) is 0 Å². The van der Waals surface area contributed by atoms with Gasteiger partial charge in [0, 0.05) is 6.20 Å². The normalized spacial score (nSPS) is 10.7. The van der Waals surface area contributed by atoms with Gasteiger partial charge >= 0.3 is 0 Å². The van der Waals surface area contributed by atoms with E-state index in [1.807, 2.05) is 24.3 Å². The molecule has 4 nitrogen and oxygen atoms in total. The van der Waals surface area contributed by atoms with E-state index in [1.165, 1.54) is 0 Å². The maximum absolute atomic E-state index is 12.1. The molecule has 0 radical (unpaired) electrons. The fourth-order valence-corrected chi connectivity index (χ4v) is 2.26. The maximum atomic E-state index is 12.1. The van der Waals surface area contributed by atoms with Crippen molar-refractivity contribution in [2.45, 2.75) is 20.1 Å². The molecule has 5 heteroatoms. The second kappa shape index (κ2) is 5.59. The molecular weight excluding hydrogens is 308 g/mol. The van der Waals surface area contributed by atoms with Crippen LogP contribution in [0.25, 0.3) is 0 Å². The van der Waals surface area contributed by atoms with E-state index in [2.05, 4.69) is 15.9 Å². The van der Waals surface area contributed by atoms with Crippen LogP contribution in [0.15, 0.2) is 39.7 Å². The first-order chi connectivity index (χ1) is 9.02. The Labute approximate surface area is 119 Å². The van der Waals surface area contributed by atoms with E-state index in [9.17, 15) is 4.79 Å². The Kier molecular flexibility index (Phi) is 4.07. The Bertz CT molecular complexity index is 648. The van der Waals surface area contributed by atoms with Gasteiger partial charge in [-0.15, -0.1) is 0 Å². The third-order valence-corrected chi connectivity index (χ3v) is 4.00. The van der Waals surface area contributed by atoms with Gasteiger partial charge in [0.25, 0.3) is 5.56 Å². The van der Waals surface area contributed by atoms with Gasteiger partial charge in [-0.1, -0.05) is 24.3 Å². The lowest BCUT2D eigenvalue weighted by atomic mass is 10.1. The number of hydrogen-bond donors (Lipinski definition) is 2. The van der Waals surface area contributed by atoms with E-state index in [4.69, 9.17) is 10.8 Å². The maximum Gasteiger partial charge on any atom is 0.265 e. The lowest BCUT2D eigenvalue weighted by Crippen LogP contribution is -2.22. The highest BCUT2D eigenvalue weighted by Gasteiger charge is 2.08. The van der Waals surface area contributed by atoms with E-state index >= 15 is 0 Å². The van der Waals surface area contributed by atoms with Crippen molar-refractivity contribution in [2.75, 3.05) is 5.73 Å². The van der Waals surface area contributed by atoms with Gasteiger partial charge in [-0.05, 0) is 39.5 Å². The Balaban J connectivity index is 2.35. The van der Waals surface area contributed by atoms with Gasteiger partial charge in [0.15, 0.2) is 0 Å². The van der Waals surface area contributed by atoms with Gasteiger partial charge in [0.2, 0.25) is 0 Å². The summed E-state index contributed by atoms with van der Waals surface area (Å²) in [4.78, 5) is 12.1. The summed E-state index contributed by atoms with van der Waals surface area (Å²) in [6, 6.07) is 7.46. The highest BCUT2D eigenvalue weighted by molar-refractivity contribution is 9.10. The number of nitrogen functional groups attached to an aromatic ring is 1. The fraction of sp³-hybridized carbons (Fsp3) is 0.214. The van der Waals surface area contributed by atoms with Crippen molar-refractivity contribution in [1.82, 2.24) is 4.57 Å². The Morgan fingerprint density at radius 3 is 2.42 bits per heavy atom. The van der Waals surface area contributed by atoms with Crippen LogP contribution >= 0.6 is 15.9 Å². The van der Waals surface area contributed by atoms with Gasteiger partial charge in [-0.3, -0.25) is 4.79 Å². The van der Waals surface area contributed by atoms with Crippen LogP contribution in [0.2, 0.25) is 0 Å². The Morgan fingerprint density at radius 1 is 1.26 bits per heavy atom. The topological polar surface area (TPSA) is 68.2 Å². The van der Waals surface area contributed by atoms with Gasteiger partial charge in [-0.25, -0.2) is 0 Å². The second-order valence-corrected chi connectivity index (χ2v) is 5.22. The summed E-state index contributed by atoms with van der Waals surface area (Å²) in [7, 11) is 0. The SMILES string of the molecule is Cc1c(N)cn(Cc2ccc(CO)cc2)c(=O)c1Br. The molecule has 2 aromatic rings. The average Bonchev–Trinajstić information content (AvgIpc) is 2.43. The monoisotopic (exact) mass is 322 g/mol. The predicted molar refractivity (Wildman–Crippen MR) is 79.0 cm³/mol. The molecule has 0 atom stereocenters. The van der Waals surface area contributed by atoms with Crippen LogP contribution in [0.1, 0.15) is 16.7 Å². The number of pyridine rings is 1. The predicted octanol–water partition coefficient (Wildman–Crippen LogP) is 2.04. The summed E-state index contributed by atoms with van der Waals surface area (Å²) in [6.07, 6.45) is 1.66. The Hall–Kier alpha value is -1.59. The molecule has 1 aromatic heterocycles. The molecule has 3 N–H and O–H groups in total. The van der Waals surface area contributed by atoms with Crippen LogP contribution in [-0.2, 0) is 13.2 Å². The lowest BCUT2D eigenvalue weighted by molar-refractivity contribution is 0.282. The van der Waals surface area contributed by atoms with Gasteiger partial charge in [0.05, 0.1) is 23.3 Å². The molecule has 0 saturated heterocycles. The number of aliphatic hydroxyl groups excluding tert-OH is 1. The third-order valence-electron chi connectivity index (χ3n) is 3.06. The molecule has 19 heavy (non-hydrogen) atoms. The molecular formula is C14H15BrN2O2.